The highest BCUT2D eigenvalue weighted by Crippen LogP contribution is 2.16. The van der Waals surface area contributed by atoms with Crippen LogP contribution >= 0.6 is 22.9 Å². The number of benzene rings is 2. The molecule has 4 aromatic rings. The molecule has 0 aliphatic carbocycles. The molecule has 0 aliphatic rings. The molecule has 0 spiro atoms. The van der Waals surface area contributed by atoms with Crippen molar-refractivity contribution in [2.45, 2.75) is 6.42 Å². The molecule has 0 radical (unpaired) electrons. The van der Waals surface area contributed by atoms with E-state index in [1.165, 1.54) is 12.1 Å². The van der Waals surface area contributed by atoms with E-state index in [1.54, 1.807) is 36.4 Å². The van der Waals surface area contributed by atoms with Gasteiger partial charge in [0.15, 0.2) is 0 Å². The number of fused-ring (bicyclic) bond motifs is 1. The summed E-state index contributed by atoms with van der Waals surface area (Å²) in [6.07, 6.45) is 1.79. The van der Waals surface area contributed by atoms with Crippen molar-refractivity contribution in [1.82, 2.24) is 14.6 Å². The average molecular weight is 400 g/mol. The third-order valence-electron chi connectivity index (χ3n) is 3.93. The van der Waals surface area contributed by atoms with E-state index in [4.69, 9.17) is 11.6 Å². The second-order valence-corrected chi connectivity index (χ2v) is 7.21. The van der Waals surface area contributed by atoms with E-state index >= 15 is 0 Å². The Hall–Kier alpha value is -2.90. The minimum Gasteiger partial charge on any atom is -0.266 e. The Balaban J connectivity index is 1.82. The number of hydrogen-bond donors (Lipinski definition) is 0. The zero-order valence-corrected chi connectivity index (χ0v) is 15.3. The summed E-state index contributed by atoms with van der Waals surface area (Å²) in [5.74, 6) is -0.358. The molecule has 0 amide bonds. The highest BCUT2D eigenvalue weighted by Gasteiger charge is 2.12. The smallest absolute Gasteiger partial charge is 0.266 e. The van der Waals surface area contributed by atoms with E-state index in [1.807, 2.05) is 6.07 Å². The van der Waals surface area contributed by atoms with Crippen LogP contribution in [-0.2, 0) is 6.42 Å². The molecule has 134 valence electrons. The van der Waals surface area contributed by atoms with Crippen molar-refractivity contribution in [2.75, 3.05) is 0 Å². The van der Waals surface area contributed by atoms with E-state index in [0.29, 0.717) is 15.1 Å². The summed E-state index contributed by atoms with van der Waals surface area (Å²) in [5, 5.41) is 4.70. The van der Waals surface area contributed by atoms with Crippen LogP contribution in [0.1, 0.15) is 16.8 Å². The summed E-state index contributed by atoms with van der Waals surface area (Å²) >= 11 is 7.19. The minimum absolute atomic E-state index is 0.142. The van der Waals surface area contributed by atoms with E-state index in [-0.39, 0.29) is 28.5 Å². The summed E-state index contributed by atoms with van der Waals surface area (Å²) in [4.78, 5) is 29.1. The third-order valence-corrected chi connectivity index (χ3v) is 5.26. The topological polar surface area (TPSA) is 64.3 Å². The number of aromatic nitrogens is 3. The van der Waals surface area contributed by atoms with Crippen LogP contribution in [0.5, 0.6) is 0 Å². The van der Waals surface area contributed by atoms with Gasteiger partial charge in [-0.2, -0.15) is 14.6 Å². The predicted molar refractivity (Wildman–Crippen MR) is 103 cm³/mol. The first-order valence-electron chi connectivity index (χ1n) is 7.95. The molecule has 8 heteroatoms. The van der Waals surface area contributed by atoms with Gasteiger partial charge in [-0.25, -0.2) is 4.39 Å². The zero-order chi connectivity index (χ0) is 19.0. The average Bonchev–Trinajstić information content (AvgIpc) is 2.94. The fourth-order valence-electron chi connectivity index (χ4n) is 2.58. The first-order valence-corrected chi connectivity index (χ1v) is 9.14. The lowest BCUT2D eigenvalue weighted by Crippen LogP contribution is -2.28. The lowest BCUT2D eigenvalue weighted by molar-refractivity contribution is 0.628. The molecule has 0 aliphatic heterocycles. The van der Waals surface area contributed by atoms with Crippen LogP contribution in [0.25, 0.3) is 11.0 Å². The lowest BCUT2D eigenvalue weighted by Gasteiger charge is -2.02. The van der Waals surface area contributed by atoms with Crippen molar-refractivity contribution < 1.29 is 4.39 Å². The fraction of sp³-hybridized carbons (Fsp3) is 0.0526. The Morgan fingerprint density at radius 3 is 2.59 bits per heavy atom. The van der Waals surface area contributed by atoms with Gasteiger partial charge < -0.3 is 0 Å². The molecule has 2 heterocycles. The summed E-state index contributed by atoms with van der Waals surface area (Å²) in [6, 6.07) is 12.9. The molecule has 2 aromatic heterocycles. The normalized spacial score (nSPS) is 12.0. The third kappa shape index (κ3) is 3.51. The maximum absolute atomic E-state index is 13.0. The number of rotatable bonds is 3. The molecule has 0 fully saturated rings. The number of nitrogens with zero attached hydrogens (tertiary/aromatic N) is 3. The molecule has 5 nitrogen and oxygen atoms in total. The first kappa shape index (κ1) is 17.5. The van der Waals surface area contributed by atoms with E-state index < -0.39 is 5.56 Å². The standard InChI is InChI=1S/C19H11ClFN3O2S/c20-14-4-2-1-3-12(14)10-15-17(25)22-19-24(23-15)18(26)16(27-19)9-11-5-7-13(21)8-6-11/h1-9H,10H2/b16-9+. The molecule has 0 saturated heterocycles. The van der Waals surface area contributed by atoms with Gasteiger partial charge in [0.25, 0.3) is 11.1 Å². The van der Waals surface area contributed by atoms with Crippen LogP contribution in [0.4, 0.5) is 4.39 Å². The molecular formula is C19H11ClFN3O2S. The van der Waals surface area contributed by atoms with E-state index in [2.05, 4.69) is 10.1 Å². The van der Waals surface area contributed by atoms with E-state index in [9.17, 15) is 14.0 Å². The number of thiazole rings is 1. The number of hydrogen-bond acceptors (Lipinski definition) is 5. The maximum Gasteiger partial charge on any atom is 0.296 e. The molecule has 0 unspecified atom stereocenters. The summed E-state index contributed by atoms with van der Waals surface area (Å²) < 4.78 is 14.5. The van der Waals surface area contributed by atoms with E-state index in [0.717, 1.165) is 21.4 Å². The van der Waals surface area contributed by atoms with Gasteiger partial charge in [-0.15, -0.1) is 0 Å². The van der Waals surface area contributed by atoms with Gasteiger partial charge >= 0.3 is 0 Å². The quantitative estimate of drug-likeness (QED) is 0.531. The van der Waals surface area contributed by atoms with Gasteiger partial charge in [0.2, 0.25) is 4.96 Å². The van der Waals surface area contributed by atoms with Crippen LogP contribution in [0.3, 0.4) is 0 Å². The zero-order valence-electron chi connectivity index (χ0n) is 13.7. The Kier molecular flexibility index (Phi) is 4.55. The van der Waals surface area contributed by atoms with Gasteiger partial charge in [-0.1, -0.05) is 53.3 Å². The fourth-order valence-corrected chi connectivity index (χ4v) is 3.69. The van der Waals surface area contributed by atoms with Crippen LogP contribution in [0.2, 0.25) is 5.02 Å². The molecule has 4 rings (SSSR count). The van der Waals surface area contributed by atoms with Crippen molar-refractivity contribution in [3.8, 4) is 0 Å². The van der Waals surface area contributed by atoms with Crippen molar-refractivity contribution in [2.24, 2.45) is 0 Å². The molecular weight excluding hydrogens is 389 g/mol. The van der Waals surface area contributed by atoms with Crippen LogP contribution in [0, 0.1) is 5.82 Å². The van der Waals surface area contributed by atoms with Crippen molar-refractivity contribution in [1.29, 1.82) is 0 Å². The SMILES string of the molecule is O=c1nc2s/c(=C/c3ccc(F)cc3)c(=O)n2nc1Cc1ccccc1Cl. The molecule has 2 aromatic carbocycles. The monoisotopic (exact) mass is 399 g/mol. The molecule has 0 atom stereocenters. The van der Waals surface area contributed by atoms with Crippen LogP contribution in [-0.4, -0.2) is 14.6 Å². The van der Waals surface area contributed by atoms with Crippen LogP contribution in [0.15, 0.2) is 58.1 Å². The highest BCUT2D eigenvalue weighted by molar-refractivity contribution is 7.15. The van der Waals surface area contributed by atoms with Crippen LogP contribution < -0.4 is 15.7 Å². The van der Waals surface area contributed by atoms with Crippen molar-refractivity contribution in [3.63, 3.8) is 0 Å². The van der Waals surface area contributed by atoms with Crippen molar-refractivity contribution >= 4 is 34.0 Å². The Bertz CT molecular complexity index is 1320. The summed E-state index contributed by atoms with van der Waals surface area (Å²) in [5.41, 5.74) is 0.658. The number of halogens is 2. The first-order chi connectivity index (χ1) is 13.0. The lowest BCUT2D eigenvalue weighted by atomic mass is 10.1. The second-order valence-electron chi connectivity index (χ2n) is 5.79. The van der Waals surface area contributed by atoms with Gasteiger partial charge in [0.1, 0.15) is 11.5 Å². The van der Waals surface area contributed by atoms with Gasteiger partial charge in [0, 0.05) is 11.4 Å². The predicted octanol–water partition coefficient (Wildman–Crippen LogP) is 2.44. The molecule has 0 saturated carbocycles. The minimum atomic E-state index is -0.496. The molecule has 0 N–H and O–H groups in total. The van der Waals surface area contributed by atoms with Gasteiger partial charge in [0.05, 0.1) is 4.53 Å². The summed E-state index contributed by atoms with van der Waals surface area (Å²) in [6.45, 7) is 0. The second kappa shape index (κ2) is 7.02. The largest absolute Gasteiger partial charge is 0.296 e. The highest BCUT2D eigenvalue weighted by atomic mass is 35.5. The van der Waals surface area contributed by atoms with Gasteiger partial charge in [-0.05, 0) is 35.4 Å². The Labute approximate surface area is 161 Å². The van der Waals surface area contributed by atoms with Gasteiger partial charge in [-0.3, -0.25) is 9.59 Å². The molecule has 27 heavy (non-hydrogen) atoms. The Morgan fingerprint density at radius 1 is 1.11 bits per heavy atom. The maximum atomic E-state index is 13.0. The Morgan fingerprint density at radius 2 is 1.85 bits per heavy atom. The van der Waals surface area contributed by atoms with Crippen molar-refractivity contribution in [3.05, 3.63) is 101 Å². The summed E-state index contributed by atoms with van der Waals surface area (Å²) in [7, 11) is 0. The molecule has 0 bridgehead atoms.